The van der Waals surface area contributed by atoms with Crippen LogP contribution in [0.1, 0.15) is 23.6 Å². The van der Waals surface area contributed by atoms with Gasteiger partial charge in [-0.3, -0.25) is 9.69 Å². The summed E-state index contributed by atoms with van der Waals surface area (Å²) in [4.78, 5) is 17.7. The van der Waals surface area contributed by atoms with Crippen molar-refractivity contribution >= 4 is 17.1 Å². The molecule has 0 spiro atoms. The predicted molar refractivity (Wildman–Crippen MR) is 130 cm³/mol. The number of carboxylic acids is 1. The topological polar surface area (TPSA) is 85.0 Å². The number of aromatic nitrogens is 1. The molecule has 3 heterocycles. The number of fused-ring (bicyclic) bond motifs is 3. The summed E-state index contributed by atoms with van der Waals surface area (Å²) >= 11 is 0. The molecular formula is C28H22F2N2O5. The molecule has 1 unspecified atom stereocenters. The Morgan fingerprint density at radius 2 is 1.78 bits per heavy atom. The lowest BCUT2D eigenvalue weighted by atomic mass is 9.95. The number of likely N-dealkylation sites (tertiary alicyclic amines) is 1. The summed E-state index contributed by atoms with van der Waals surface area (Å²) in [5.41, 5.74) is 2.77. The standard InChI is InChI=1S/C28H22F2N2O5/c29-24-16(14-4-7-22-23(10-14)36-9-8-35-22)2-1-3-18(24)27-31-20-11-19-17(25(30)26(20)37-27)5-6-21(19)32-12-15(13-32)28(33)34/h1-4,7,10-11,15,21H,5-6,8-9,12-13H2,(H,33,34). The number of aliphatic carboxylic acids is 1. The second-order valence-electron chi connectivity index (χ2n) is 9.69. The molecule has 9 heteroatoms. The molecule has 188 valence electrons. The first kappa shape index (κ1) is 22.2. The lowest BCUT2D eigenvalue weighted by Gasteiger charge is -2.41. The minimum absolute atomic E-state index is 0.000841. The number of carbonyl (C=O) groups is 1. The van der Waals surface area contributed by atoms with Gasteiger partial charge in [-0.1, -0.05) is 18.2 Å². The Balaban J connectivity index is 1.25. The summed E-state index contributed by atoms with van der Waals surface area (Å²) in [6.07, 6.45) is 1.24. The van der Waals surface area contributed by atoms with E-state index in [1.807, 2.05) is 0 Å². The van der Waals surface area contributed by atoms with E-state index in [-0.39, 0.29) is 29.0 Å². The number of nitrogens with zero attached hydrogens (tertiary/aromatic N) is 2. The molecule has 0 bridgehead atoms. The molecule has 7 rings (SSSR count). The fourth-order valence-electron chi connectivity index (χ4n) is 5.62. The van der Waals surface area contributed by atoms with Gasteiger partial charge in [0.25, 0.3) is 0 Å². The SMILES string of the molecule is O=C(O)C1CN(C2CCc3c2cc2nc(-c4cccc(-c5ccc6c(c5)OCCO6)c4F)oc2c3F)C1. The van der Waals surface area contributed by atoms with Crippen LogP contribution in [0.3, 0.4) is 0 Å². The molecule has 7 nitrogen and oxygen atoms in total. The number of rotatable bonds is 4. The van der Waals surface area contributed by atoms with Gasteiger partial charge in [0.05, 0.1) is 11.5 Å². The molecule has 2 aliphatic heterocycles. The van der Waals surface area contributed by atoms with Crippen molar-refractivity contribution in [3.8, 4) is 34.1 Å². The van der Waals surface area contributed by atoms with Gasteiger partial charge in [0.1, 0.15) is 24.5 Å². The lowest BCUT2D eigenvalue weighted by Crippen LogP contribution is -2.51. The number of hydrogen-bond acceptors (Lipinski definition) is 6. The number of benzene rings is 3. The molecule has 3 aromatic carbocycles. The average molecular weight is 504 g/mol. The average Bonchev–Trinajstić information content (AvgIpc) is 3.48. The van der Waals surface area contributed by atoms with Crippen molar-refractivity contribution < 1.29 is 32.6 Å². The molecule has 1 aromatic heterocycles. The summed E-state index contributed by atoms with van der Waals surface area (Å²) in [6.45, 7) is 1.79. The molecule has 37 heavy (non-hydrogen) atoms. The van der Waals surface area contributed by atoms with Gasteiger partial charge < -0.3 is 19.0 Å². The number of halogens is 2. The van der Waals surface area contributed by atoms with Crippen LogP contribution in [-0.2, 0) is 11.2 Å². The van der Waals surface area contributed by atoms with Crippen molar-refractivity contribution in [2.45, 2.75) is 18.9 Å². The van der Waals surface area contributed by atoms with E-state index in [1.165, 1.54) is 0 Å². The van der Waals surface area contributed by atoms with Crippen LogP contribution in [0.4, 0.5) is 8.78 Å². The largest absolute Gasteiger partial charge is 0.486 e. The first-order chi connectivity index (χ1) is 18.0. The molecule has 0 saturated carbocycles. The maximum Gasteiger partial charge on any atom is 0.309 e. The highest BCUT2D eigenvalue weighted by Crippen LogP contribution is 2.44. The van der Waals surface area contributed by atoms with Gasteiger partial charge in [-0.2, -0.15) is 0 Å². The van der Waals surface area contributed by atoms with Crippen molar-refractivity contribution in [1.29, 1.82) is 0 Å². The van der Waals surface area contributed by atoms with E-state index in [9.17, 15) is 9.90 Å². The van der Waals surface area contributed by atoms with Crippen LogP contribution < -0.4 is 9.47 Å². The Morgan fingerprint density at radius 1 is 1.00 bits per heavy atom. The first-order valence-electron chi connectivity index (χ1n) is 12.3. The molecule has 1 N–H and O–H groups in total. The molecule has 1 fully saturated rings. The van der Waals surface area contributed by atoms with E-state index in [1.54, 1.807) is 42.5 Å². The summed E-state index contributed by atoms with van der Waals surface area (Å²) in [5, 5.41) is 9.20. The van der Waals surface area contributed by atoms with Gasteiger partial charge in [0, 0.05) is 24.7 Å². The summed E-state index contributed by atoms with van der Waals surface area (Å²) in [7, 11) is 0. The van der Waals surface area contributed by atoms with Crippen molar-refractivity contribution in [2.75, 3.05) is 26.3 Å². The van der Waals surface area contributed by atoms with Gasteiger partial charge in [-0.15, -0.1) is 0 Å². The van der Waals surface area contributed by atoms with E-state index < -0.39 is 17.6 Å². The Bertz CT molecular complexity index is 1580. The highest BCUT2D eigenvalue weighted by Gasteiger charge is 2.41. The molecule has 0 amide bonds. The molecule has 0 radical (unpaired) electrons. The second kappa shape index (κ2) is 8.27. The quantitative estimate of drug-likeness (QED) is 0.408. The van der Waals surface area contributed by atoms with Crippen LogP contribution in [0.2, 0.25) is 0 Å². The predicted octanol–water partition coefficient (Wildman–Crippen LogP) is 5.21. The third kappa shape index (κ3) is 3.48. The lowest BCUT2D eigenvalue weighted by molar-refractivity contribution is -0.148. The van der Waals surface area contributed by atoms with E-state index >= 15 is 8.78 Å². The van der Waals surface area contributed by atoms with Crippen LogP contribution in [0.25, 0.3) is 33.7 Å². The van der Waals surface area contributed by atoms with Gasteiger partial charge in [-0.05, 0) is 53.8 Å². The highest BCUT2D eigenvalue weighted by molar-refractivity contribution is 5.81. The number of oxazole rings is 1. The molecule has 1 atom stereocenters. The molecular weight excluding hydrogens is 482 g/mol. The summed E-state index contributed by atoms with van der Waals surface area (Å²) < 4.78 is 48.2. The second-order valence-corrected chi connectivity index (χ2v) is 9.69. The Labute approximate surface area is 210 Å². The third-order valence-corrected chi connectivity index (χ3v) is 7.57. The van der Waals surface area contributed by atoms with E-state index in [4.69, 9.17) is 13.9 Å². The zero-order valence-electron chi connectivity index (χ0n) is 19.7. The Hall–Kier alpha value is -3.98. The van der Waals surface area contributed by atoms with Gasteiger partial charge in [0.2, 0.25) is 5.89 Å². The summed E-state index contributed by atoms with van der Waals surface area (Å²) in [5.74, 6) is -1.04. The van der Waals surface area contributed by atoms with Gasteiger partial charge in [0.15, 0.2) is 22.9 Å². The maximum atomic E-state index is 15.7. The molecule has 4 aromatic rings. The Kier molecular flexibility index (Phi) is 4.97. The monoisotopic (exact) mass is 504 g/mol. The van der Waals surface area contributed by atoms with Gasteiger partial charge in [-0.25, -0.2) is 13.8 Å². The van der Waals surface area contributed by atoms with Crippen molar-refractivity contribution in [2.24, 2.45) is 5.92 Å². The molecule has 1 saturated heterocycles. The normalized spacial score (nSPS) is 19.1. The van der Waals surface area contributed by atoms with Crippen LogP contribution in [0.15, 0.2) is 46.9 Å². The van der Waals surface area contributed by atoms with Crippen molar-refractivity contribution in [3.05, 3.63) is 65.2 Å². The zero-order chi connectivity index (χ0) is 25.3. The van der Waals surface area contributed by atoms with Crippen LogP contribution in [0.5, 0.6) is 11.5 Å². The first-order valence-corrected chi connectivity index (χ1v) is 12.3. The van der Waals surface area contributed by atoms with Crippen LogP contribution in [0, 0.1) is 17.6 Å². The maximum absolute atomic E-state index is 15.7. The number of ether oxygens (including phenoxy) is 2. The minimum Gasteiger partial charge on any atom is -0.486 e. The Morgan fingerprint density at radius 3 is 2.59 bits per heavy atom. The molecule has 1 aliphatic carbocycles. The van der Waals surface area contributed by atoms with Crippen LogP contribution >= 0.6 is 0 Å². The van der Waals surface area contributed by atoms with E-state index in [0.717, 1.165) is 5.56 Å². The fourth-order valence-corrected chi connectivity index (χ4v) is 5.62. The highest BCUT2D eigenvalue weighted by atomic mass is 19.1. The smallest absolute Gasteiger partial charge is 0.309 e. The van der Waals surface area contributed by atoms with Crippen molar-refractivity contribution in [1.82, 2.24) is 9.88 Å². The van der Waals surface area contributed by atoms with E-state index in [2.05, 4.69) is 9.88 Å². The van der Waals surface area contributed by atoms with E-state index in [0.29, 0.717) is 72.9 Å². The molecule has 3 aliphatic rings. The number of carboxylic acid groups (broad SMARTS) is 1. The minimum atomic E-state index is -0.808. The fraction of sp³-hybridized carbons (Fsp3) is 0.286. The van der Waals surface area contributed by atoms with Crippen LogP contribution in [-0.4, -0.2) is 47.3 Å². The zero-order valence-corrected chi connectivity index (χ0v) is 19.7. The summed E-state index contributed by atoms with van der Waals surface area (Å²) in [6, 6.07) is 11.9. The third-order valence-electron chi connectivity index (χ3n) is 7.57. The number of hydrogen-bond donors (Lipinski definition) is 1. The van der Waals surface area contributed by atoms with Gasteiger partial charge >= 0.3 is 5.97 Å². The van der Waals surface area contributed by atoms with Crippen molar-refractivity contribution in [3.63, 3.8) is 0 Å².